The van der Waals surface area contributed by atoms with Crippen LogP contribution in [0.15, 0.2) is 10.5 Å². The van der Waals surface area contributed by atoms with E-state index in [1.165, 1.54) is 0 Å². The summed E-state index contributed by atoms with van der Waals surface area (Å²) in [5.41, 5.74) is 7.58. The van der Waals surface area contributed by atoms with Crippen LogP contribution in [0.3, 0.4) is 0 Å². The molecule has 1 saturated carbocycles. The van der Waals surface area contributed by atoms with Crippen molar-refractivity contribution in [3.8, 4) is 11.5 Å². The third kappa shape index (κ3) is 2.01. The van der Waals surface area contributed by atoms with E-state index >= 15 is 0 Å². The fraction of sp³-hybridized carbons (Fsp3) is 0.462. The molecular formula is C13H14BrNO3. The maximum absolute atomic E-state index is 11.1. The summed E-state index contributed by atoms with van der Waals surface area (Å²) < 4.78 is 12.0. The molecule has 4 nitrogen and oxygen atoms in total. The van der Waals surface area contributed by atoms with Gasteiger partial charge in [0.05, 0.1) is 5.56 Å². The molecule has 0 unspecified atom stereocenters. The topological polar surface area (TPSA) is 61.6 Å². The molecule has 0 radical (unpaired) electrons. The van der Waals surface area contributed by atoms with Gasteiger partial charge in [-0.1, -0.05) is 0 Å². The molecule has 5 heteroatoms. The van der Waals surface area contributed by atoms with Crippen molar-refractivity contribution in [3.05, 3.63) is 21.7 Å². The quantitative estimate of drug-likeness (QED) is 0.868. The number of aldehydes is 1. The maximum Gasteiger partial charge on any atom is 0.173 e. The lowest BCUT2D eigenvalue weighted by Crippen LogP contribution is -2.26. The Hall–Kier alpha value is -1.07. The third-order valence-corrected chi connectivity index (χ3v) is 4.09. The summed E-state index contributed by atoms with van der Waals surface area (Å²) in [6.45, 7) is 0.981. The van der Waals surface area contributed by atoms with E-state index in [-0.39, 0.29) is 5.54 Å². The van der Waals surface area contributed by atoms with Crippen LogP contribution in [0.25, 0.3) is 0 Å². The molecule has 1 aliphatic carbocycles. The first-order valence-electron chi connectivity index (χ1n) is 5.98. The van der Waals surface area contributed by atoms with E-state index in [0.717, 1.165) is 35.6 Å². The highest BCUT2D eigenvalue weighted by Gasteiger charge is 2.39. The highest BCUT2D eigenvalue weighted by Crippen LogP contribution is 2.45. The van der Waals surface area contributed by atoms with Gasteiger partial charge < -0.3 is 15.2 Å². The van der Waals surface area contributed by atoms with Gasteiger partial charge in [-0.05, 0) is 41.3 Å². The van der Waals surface area contributed by atoms with E-state index in [2.05, 4.69) is 15.9 Å². The van der Waals surface area contributed by atoms with Crippen LogP contribution in [0, 0.1) is 0 Å². The molecule has 0 bridgehead atoms. The predicted octanol–water partition coefficient (Wildman–Crippen LogP) is 2.07. The molecular weight excluding hydrogens is 298 g/mol. The molecule has 2 N–H and O–H groups in total. The number of hydrogen-bond donors (Lipinski definition) is 1. The third-order valence-electron chi connectivity index (χ3n) is 3.43. The van der Waals surface area contributed by atoms with E-state index in [1.54, 1.807) is 0 Å². The van der Waals surface area contributed by atoms with Gasteiger partial charge in [-0.2, -0.15) is 0 Å². The Kier molecular flexibility index (Phi) is 2.83. The van der Waals surface area contributed by atoms with Crippen molar-refractivity contribution < 1.29 is 14.3 Å². The minimum atomic E-state index is -0.100. The first kappa shape index (κ1) is 12.0. The molecule has 0 spiro atoms. The molecule has 1 aromatic carbocycles. The molecule has 2 aliphatic rings. The zero-order chi connectivity index (χ0) is 12.8. The van der Waals surface area contributed by atoms with Crippen molar-refractivity contribution in [1.29, 1.82) is 0 Å². The number of carbonyl (C=O) groups is 1. The lowest BCUT2D eigenvalue weighted by atomic mass is 10.0. The summed E-state index contributed by atoms with van der Waals surface area (Å²) in [5.74, 6) is 1.23. The van der Waals surface area contributed by atoms with Crippen molar-refractivity contribution >= 4 is 22.2 Å². The lowest BCUT2D eigenvalue weighted by Gasteiger charge is -2.24. The van der Waals surface area contributed by atoms with E-state index in [0.29, 0.717) is 30.3 Å². The minimum Gasteiger partial charge on any atom is -0.486 e. The molecule has 0 atom stereocenters. The number of benzene rings is 1. The van der Waals surface area contributed by atoms with Crippen LogP contribution in [-0.4, -0.2) is 25.0 Å². The summed E-state index contributed by atoms with van der Waals surface area (Å²) in [4.78, 5) is 11.1. The Labute approximate surface area is 114 Å². The van der Waals surface area contributed by atoms with E-state index in [1.807, 2.05) is 6.07 Å². The molecule has 3 rings (SSSR count). The first-order chi connectivity index (χ1) is 8.63. The molecule has 1 heterocycles. The summed E-state index contributed by atoms with van der Waals surface area (Å²) in [5, 5.41) is 0. The molecule has 1 fully saturated rings. The summed E-state index contributed by atoms with van der Waals surface area (Å²) in [7, 11) is 0. The Balaban J connectivity index is 2.08. The van der Waals surface area contributed by atoms with Gasteiger partial charge >= 0.3 is 0 Å². The summed E-state index contributed by atoms with van der Waals surface area (Å²) in [6.07, 6.45) is 3.62. The normalized spacial score (nSPS) is 19.4. The largest absolute Gasteiger partial charge is 0.486 e. The van der Waals surface area contributed by atoms with Gasteiger partial charge in [-0.25, -0.2) is 0 Å². The van der Waals surface area contributed by atoms with Crippen LogP contribution in [0.4, 0.5) is 0 Å². The molecule has 1 aliphatic heterocycles. The van der Waals surface area contributed by atoms with Crippen molar-refractivity contribution in [2.24, 2.45) is 5.73 Å². The standard InChI is InChI=1S/C13H14BrNO3/c14-10-5-8(6-13(15)1-2-13)11-12(9(10)7-16)18-4-3-17-11/h5,7H,1-4,6,15H2. The van der Waals surface area contributed by atoms with Gasteiger partial charge in [0, 0.05) is 15.6 Å². The minimum absolute atomic E-state index is 0.100. The second-order valence-electron chi connectivity index (χ2n) is 4.94. The van der Waals surface area contributed by atoms with Gasteiger partial charge in [0.15, 0.2) is 17.8 Å². The average Bonchev–Trinajstić information content (AvgIpc) is 3.07. The Morgan fingerprint density at radius 1 is 1.33 bits per heavy atom. The van der Waals surface area contributed by atoms with Crippen molar-refractivity contribution in [1.82, 2.24) is 0 Å². The van der Waals surface area contributed by atoms with Crippen LogP contribution < -0.4 is 15.2 Å². The summed E-state index contributed by atoms with van der Waals surface area (Å²) in [6, 6.07) is 1.92. The number of rotatable bonds is 3. The fourth-order valence-electron chi connectivity index (χ4n) is 2.22. The first-order valence-corrected chi connectivity index (χ1v) is 6.77. The highest BCUT2D eigenvalue weighted by molar-refractivity contribution is 9.10. The SMILES string of the molecule is NC1(Cc2cc(Br)c(C=O)c3c2OCCO3)CC1. The van der Waals surface area contributed by atoms with E-state index in [9.17, 15) is 4.79 Å². The number of nitrogens with two attached hydrogens (primary N) is 1. The van der Waals surface area contributed by atoms with Gasteiger partial charge in [-0.15, -0.1) is 0 Å². The van der Waals surface area contributed by atoms with E-state index < -0.39 is 0 Å². The second-order valence-corrected chi connectivity index (χ2v) is 5.80. The molecule has 0 aromatic heterocycles. The van der Waals surface area contributed by atoms with Gasteiger partial charge in [0.25, 0.3) is 0 Å². The van der Waals surface area contributed by atoms with Crippen molar-refractivity contribution in [2.45, 2.75) is 24.8 Å². The average molecular weight is 312 g/mol. The number of halogens is 1. The van der Waals surface area contributed by atoms with Gasteiger partial charge in [0.1, 0.15) is 13.2 Å². The summed E-state index contributed by atoms with van der Waals surface area (Å²) >= 11 is 3.41. The molecule has 1 aromatic rings. The van der Waals surface area contributed by atoms with Crippen LogP contribution in [0.2, 0.25) is 0 Å². The van der Waals surface area contributed by atoms with E-state index in [4.69, 9.17) is 15.2 Å². The Bertz CT molecular complexity index is 511. The Morgan fingerprint density at radius 3 is 2.61 bits per heavy atom. The Morgan fingerprint density at radius 2 is 2.00 bits per heavy atom. The molecule has 18 heavy (non-hydrogen) atoms. The molecule has 0 saturated heterocycles. The zero-order valence-electron chi connectivity index (χ0n) is 9.87. The van der Waals surface area contributed by atoms with Gasteiger partial charge in [0.2, 0.25) is 0 Å². The second kappa shape index (κ2) is 4.24. The van der Waals surface area contributed by atoms with Crippen LogP contribution in [0.1, 0.15) is 28.8 Å². The maximum atomic E-state index is 11.1. The fourth-order valence-corrected chi connectivity index (χ4v) is 2.77. The number of fused-ring (bicyclic) bond motifs is 1. The molecule has 0 amide bonds. The van der Waals surface area contributed by atoms with Crippen LogP contribution in [-0.2, 0) is 6.42 Å². The highest BCUT2D eigenvalue weighted by atomic mass is 79.9. The smallest absolute Gasteiger partial charge is 0.173 e. The number of hydrogen-bond acceptors (Lipinski definition) is 4. The van der Waals surface area contributed by atoms with Crippen LogP contribution in [0.5, 0.6) is 11.5 Å². The van der Waals surface area contributed by atoms with Crippen molar-refractivity contribution in [3.63, 3.8) is 0 Å². The van der Waals surface area contributed by atoms with Gasteiger partial charge in [-0.3, -0.25) is 4.79 Å². The predicted molar refractivity (Wildman–Crippen MR) is 70.4 cm³/mol. The lowest BCUT2D eigenvalue weighted by molar-refractivity contribution is 0.111. The monoisotopic (exact) mass is 311 g/mol. The number of carbonyl (C=O) groups excluding carboxylic acids is 1. The van der Waals surface area contributed by atoms with Crippen molar-refractivity contribution in [2.75, 3.05) is 13.2 Å². The number of ether oxygens (including phenoxy) is 2. The molecule has 96 valence electrons. The van der Waals surface area contributed by atoms with Crippen LogP contribution >= 0.6 is 15.9 Å². The zero-order valence-corrected chi connectivity index (χ0v) is 11.5.